The fraction of sp³-hybridized carbons (Fsp3) is 0.308. The summed E-state index contributed by atoms with van der Waals surface area (Å²) >= 11 is 0. The molecule has 0 fully saturated rings. The average Bonchev–Trinajstić information content (AvgIpc) is 2.76. The minimum absolute atomic E-state index is 0.254. The molecule has 0 amide bonds. The molecule has 0 saturated heterocycles. The maximum atomic E-state index is 12.3. The zero-order valence-corrected chi connectivity index (χ0v) is 10.5. The van der Waals surface area contributed by atoms with Crippen LogP contribution in [0.3, 0.4) is 0 Å². The van der Waals surface area contributed by atoms with E-state index in [0.717, 1.165) is 5.56 Å². The second-order valence-electron chi connectivity index (χ2n) is 4.39. The number of benzene rings is 1. The lowest BCUT2D eigenvalue weighted by Gasteiger charge is -2.12. The fourth-order valence-corrected chi connectivity index (χ4v) is 1.62. The minimum atomic E-state index is -4.72. The third-order valence-electron chi connectivity index (χ3n) is 2.61. The molecule has 0 saturated carbocycles. The van der Waals surface area contributed by atoms with Crippen LogP contribution < -0.4 is 4.74 Å². The van der Waals surface area contributed by atoms with E-state index in [4.69, 9.17) is 0 Å². The summed E-state index contributed by atoms with van der Waals surface area (Å²) in [7, 11) is 0. The summed E-state index contributed by atoms with van der Waals surface area (Å²) in [5, 5.41) is 4.07. The summed E-state index contributed by atoms with van der Waals surface area (Å²) in [6.07, 6.45) is -1.39. The fourth-order valence-electron chi connectivity index (χ4n) is 1.62. The van der Waals surface area contributed by atoms with Crippen LogP contribution in [0.15, 0.2) is 36.7 Å². The molecule has 0 N–H and O–H groups in total. The minimum Gasteiger partial charge on any atom is -0.403 e. The van der Waals surface area contributed by atoms with Gasteiger partial charge < -0.3 is 4.74 Å². The molecule has 2 rings (SSSR count). The Bertz CT molecular complexity index is 561. The van der Waals surface area contributed by atoms with Gasteiger partial charge in [0, 0.05) is 6.20 Å². The number of hydrogen-bond donors (Lipinski definition) is 0. The van der Waals surface area contributed by atoms with Gasteiger partial charge in [-0.15, -0.1) is 13.2 Å². The van der Waals surface area contributed by atoms with E-state index >= 15 is 0 Å². The van der Waals surface area contributed by atoms with Gasteiger partial charge in [0.1, 0.15) is 5.69 Å². The highest BCUT2D eigenvalue weighted by molar-refractivity contribution is 5.46. The molecule has 0 spiro atoms. The topological polar surface area (TPSA) is 27.1 Å². The number of alkyl halides is 3. The molecule has 102 valence electrons. The first kappa shape index (κ1) is 13.5. The first-order chi connectivity index (χ1) is 8.87. The molecule has 0 radical (unpaired) electrons. The highest BCUT2D eigenvalue weighted by atomic mass is 19.4. The molecule has 0 atom stereocenters. The van der Waals surface area contributed by atoms with Crippen LogP contribution in [-0.4, -0.2) is 16.1 Å². The second-order valence-corrected chi connectivity index (χ2v) is 4.39. The Balaban J connectivity index is 2.38. The van der Waals surface area contributed by atoms with Crippen LogP contribution in [0.4, 0.5) is 13.2 Å². The number of aromatic nitrogens is 2. The maximum Gasteiger partial charge on any atom is 0.573 e. The lowest BCUT2D eigenvalue weighted by molar-refractivity contribution is -0.274. The largest absolute Gasteiger partial charge is 0.573 e. The van der Waals surface area contributed by atoms with Crippen LogP contribution in [0, 0.1) is 0 Å². The Morgan fingerprint density at radius 1 is 1.21 bits per heavy atom. The number of halogens is 3. The average molecular weight is 270 g/mol. The molecule has 19 heavy (non-hydrogen) atoms. The molecule has 0 aliphatic heterocycles. The molecule has 0 unspecified atom stereocenters. The molecule has 6 heteroatoms. The molecule has 1 aromatic heterocycles. The van der Waals surface area contributed by atoms with E-state index in [1.54, 1.807) is 18.5 Å². The van der Waals surface area contributed by atoms with Crippen molar-refractivity contribution in [3.8, 4) is 11.4 Å². The van der Waals surface area contributed by atoms with Crippen LogP contribution in [0.25, 0.3) is 5.69 Å². The molecule has 1 aromatic carbocycles. The molecule has 0 aliphatic carbocycles. The summed E-state index contributed by atoms with van der Waals surface area (Å²) in [5.74, 6) is -0.0159. The third-order valence-corrected chi connectivity index (χ3v) is 2.61. The van der Waals surface area contributed by atoms with Crippen molar-refractivity contribution in [3.63, 3.8) is 0 Å². The lowest BCUT2D eigenvalue weighted by atomic mass is 10.1. The van der Waals surface area contributed by atoms with Crippen molar-refractivity contribution in [2.45, 2.75) is 26.1 Å². The van der Waals surface area contributed by atoms with Crippen molar-refractivity contribution in [2.24, 2.45) is 0 Å². The summed E-state index contributed by atoms with van der Waals surface area (Å²) in [5.41, 5.74) is 1.20. The van der Waals surface area contributed by atoms with E-state index in [1.165, 1.54) is 22.9 Å². The van der Waals surface area contributed by atoms with Crippen LogP contribution in [-0.2, 0) is 0 Å². The summed E-state index contributed by atoms with van der Waals surface area (Å²) < 4.78 is 42.3. The smallest absolute Gasteiger partial charge is 0.403 e. The van der Waals surface area contributed by atoms with Gasteiger partial charge in [0.15, 0.2) is 5.75 Å². The monoisotopic (exact) mass is 270 g/mol. The normalized spacial score (nSPS) is 11.9. The van der Waals surface area contributed by atoms with E-state index in [0.29, 0.717) is 0 Å². The van der Waals surface area contributed by atoms with Crippen LogP contribution in [0.5, 0.6) is 5.75 Å². The maximum absolute atomic E-state index is 12.3. The van der Waals surface area contributed by atoms with Gasteiger partial charge in [0.05, 0.1) is 6.20 Å². The number of para-hydroxylation sites is 2. The second kappa shape index (κ2) is 4.95. The zero-order valence-electron chi connectivity index (χ0n) is 10.5. The van der Waals surface area contributed by atoms with Crippen LogP contribution in [0.1, 0.15) is 25.3 Å². The van der Waals surface area contributed by atoms with Gasteiger partial charge in [0.25, 0.3) is 0 Å². The van der Waals surface area contributed by atoms with Gasteiger partial charge in [-0.05, 0) is 23.6 Å². The van der Waals surface area contributed by atoms with Crippen LogP contribution in [0.2, 0.25) is 0 Å². The van der Waals surface area contributed by atoms with E-state index in [9.17, 15) is 13.2 Å². The Labute approximate surface area is 108 Å². The van der Waals surface area contributed by atoms with Gasteiger partial charge in [0.2, 0.25) is 0 Å². The molecule has 0 aliphatic rings. The Kier molecular flexibility index (Phi) is 3.50. The molecule has 0 bridgehead atoms. The van der Waals surface area contributed by atoms with Crippen molar-refractivity contribution in [1.82, 2.24) is 9.78 Å². The van der Waals surface area contributed by atoms with Crippen molar-refractivity contribution < 1.29 is 17.9 Å². The first-order valence-electron chi connectivity index (χ1n) is 5.76. The van der Waals surface area contributed by atoms with Gasteiger partial charge in [-0.3, -0.25) is 0 Å². The molecular formula is C13H13F3N2O. The number of hydrogen-bond acceptors (Lipinski definition) is 2. The van der Waals surface area contributed by atoms with Crippen molar-refractivity contribution in [1.29, 1.82) is 0 Å². The SMILES string of the molecule is CC(C)c1cnn(-c2ccccc2OC(F)(F)F)c1. The van der Waals surface area contributed by atoms with Crippen LogP contribution >= 0.6 is 0 Å². The zero-order chi connectivity index (χ0) is 14.0. The molecule has 2 aromatic rings. The highest BCUT2D eigenvalue weighted by Gasteiger charge is 2.32. The molecule has 1 heterocycles. The molecule has 3 nitrogen and oxygen atoms in total. The van der Waals surface area contributed by atoms with Gasteiger partial charge in [-0.25, -0.2) is 4.68 Å². The Hall–Kier alpha value is -1.98. The Morgan fingerprint density at radius 2 is 1.89 bits per heavy atom. The van der Waals surface area contributed by atoms with E-state index in [1.807, 2.05) is 13.8 Å². The lowest BCUT2D eigenvalue weighted by Crippen LogP contribution is -2.18. The van der Waals surface area contributed by atoms with E-state index < -0.39 is 6.36 Å². The highest BCUT2D eigenvalue weighted by Crippen LogP contribution is 2.29. The van der Waals surface area contributed by atoms with Gasteiger partial charge in [-0.1, -0.05) is 26.0 Å². The summed E-state index contributed by atoms with van der Waals surface area (Å²) in [4.78, 5) is 0. The first-order valence-corrected chi connectivity index (χ1v) is 5.76. The summed E-state index contributed by atoms with van der Waals surface area (Å²) in [6, 6.07) is 5.91. The van der Waals surface area contributed by atoms with Gasteiger partial charge >= 0.3 is 6.36 Å². The third kappa shape index (κ3) is 3.27. The quantitative estimate of drug-likeness (QED) is 0.846. The molecular weight excluding hydrogens is 257 g/mol. The predicted molar refractivity (Wildman–Crippen MR) is 64.3 cm³/mol. The van der Waals surface area contributed by atoms with Crippen molar-refractivity contribution >= 4 is 0 Å². The number of nitrogens with zero attached hydrogens (tertiary/aromatic N) is 2. The van der Waals surface area contributed by atoms with E-state index in [-0.39, 0.29) is 17.4 Å². The van der Waals surface area contributed by atoms with Gasteiger partial charge in [-0.2, -0.15) is 5.10 Å². The standard InChI is InChI=1S/C13H13F3N2O/c1-9(2)10-7-17-18(8-10)11-5-3-4-6-12(11)19-13(14,15)16/h3-9H,1-2H3. The summed E-state index contributed by atoms with van der Waals surface area (Å²) in [6.45, 7) is 3.97. The number of rotatable bonds is 3. The van der Waals surface area contributed by atoms with Crippen molar-refractivity contribution in [3.05, 3.63) is 42.2 Å². The van der Waals surface area contributed by atoms with E-state index in [2.05, 4.69) is 9.84 Å². The van der Waals surface area contributed by atoms with Crippen molar-refractivity contribution in [2.75, 3.05) is 0 Å². The number of ether oxygens (including phenoxy) is 1. The predicted octanol–water partition coefficient (Wildman–Crippen LogP) is 3.89. The Morgan fingerprint density at radius 3 is 2.47 bits per heavy atom.